The molecule has 1 aliphatic rings. The molecule has 0 spiro atoms. The third-order valence-corrected chi connectivity index (χ3v) is 2.73. The minimum absolute atomic E-state index is 0.163. The van der Waals surface area contributed by atoms with Gasteiger partial charge in [0.05, 0.1) is 6.10 Å². The molecule has 2 rings (SSSR count). The number of halogens is 1. The second-order valence-electron chi connectivity index (χ2n) is 3.94. The van der Waals surface area contributed by atoms with Crippen LogP contribution in [0.3, 0.4) is 0 Å². The van der Waals surface area contributed by atoms with Gasteiger partial charge in [-0.25, -0.2) is 4.39 Å². The molecule has 0 radical (unpaired) electrons. The summed E-state index contributed by atoms with van der Waals surface area (Å²) in [6.07, 6.45) is 5.13. The Labute approximate surface area is 83.9 Å². The predicted octanol–water partition coefficient (Wildman–Crippen LogP) is 3.46. The molecule has 0 N–H and O–H groups in total. The molecule has 1 aromatic rings. The Morgan fingerprint density at radius 1 is 1.29 bits per heavy atom. The van der Waals surface area contributed by atoms with E-state index < -0.39 is 0 Å². The molecule has 0 unspecified atom stereocenters. The SMILES string of the molecule is Cc1cc(OC2CCCC2)ccc1F. The molecule has 0 saturated heterocycles. The van der Waals surface area contributed by atoms with E-state index in [4.69, 9.17) is 4.74 Å². The van der Waals surface area contributed by atoms with Gasteiger partial charge in [0.1, 0.15) is 11.6 Å². The van der Waals surface area contributed by atoms with Gasteiger partial charge in [-0.1, -0.05) is 0 Å². The van der Waals surface area contributed by atoms with Gasteiger partial charge in [-0.2, -0.15) is 0 Å². The first-order valence-electron chi connectivity index (χ1n) is 5.18. The Morgan fingerprint density at radius 2 is 2.00 bits per heavy atom. The monoisotopic (exact) mass is 194 g/mol. The van der Waals surface area contributed by atoms with Crippen LogP contribution < -0.4 is 4.74 Å². The second kappa shape index (κ2) is 3.99. The first-order valence-corrected chi connectivity index (χ1v) is 5.18. The van der Waals surface area contributed by atoms with Gasteiger partial charge in [0.15, 0.2) is 0 Å². The summed E-state index contributed by atoms with van der Waals surface area (Å²) in [6.45, 7) is 1.76. The minimum Gasteiger partial charge on any atom is -0.490 e. The van der Waals surface area contributed by atoms with Gasteiger partial charge >= 0.3 is 0 Å². The molecule has 0 amide bonds. The van der Waals surface area contributed by atoms with E-state index in [-0.39, 0.29) is 5.82 Å². The van der Waals surface area contributed by atoms with E-state index in [1.54, 1.807) is 19.1 Å². The standard InChI is InChI=1S/C12H15FO/c1-9-8-11(6-7-12(9)13)14-10-4-2-3-5-10/h6-8,10H,2-5H2,1H3. The highest BCUT2D eigenvalue weighted by Gasteiger charge is 2.16. The van der Waals surface area contributed by atoms with Crippen molar-refractivity contribution in [1.29, 1.82) is 0 Å². The Hall–Kier alpha value is -1.05. The van der Waals surface area contributed by atoms with E-state index in [1.807, 2.05) is 0 Å². The van der Waals surface area contributed by atoms with Crippen molar-refractivity contribution in [3.05, 3.63) is 29.6 Å². The van der Waals surface area contributed by atoms with Crippen LogP contribution in [0.5, 0.6) is 5.75 Å². The third-order valence-electron chi connectivity index (χ3n) is 2.73. The summed E-state index contributed by atoms with van der Waals surface area (Å²) in [5.41, 5.74) is 0.653. The van der Waals surface area contributed by atoms with Crippen LogP contribution in [0, 0.1) is 12.7 Å². The molecular weight excluding hydrogens is 179 g/mol. The largest absolute Gasteiger partial charge is 0.490 e. The fourth-order valence-electron chi connectivity index (χ4n) is 1.89. The van der Waals surface area contributed by atoms with E-state index in [9.17, 15) is 4.39 Å². The lowest BCUT2D eigenvalue weighted by Crippen LogP contribution is -2.10. The second-order valence-corrected chi connectivity index (χ2v) is 3.94. The summed E-state index contributed by atoms with van der Waals surface area (Å²) in [6, 6.07) is 4.95. The Bertz CT molecular complexity index is 316. The molecule has 0 atom stereocenters. The number of aryl methyl sites for hydroxylation is 1. The van der Waals surface area contributed by atoms with Crippen LogP contribution in [-0.4, -0.2) is 6.10 Å². The first-order chi connectivity index (χ1) is 6.75. The van der Waals surface area contributed by atoms with Crippen molar-refractivity contribution in [2.45, 2.75) is 38.7 Å². The molecule has 0 bridgehead atoms. The van der Waals surface area contributed by atoms with Gasteiger partial charge in [0, 0.05) is 0 Å². The zero-order valence-corrected chi connectivity index (χ0v) is 8.42. The van der Waals surface area contributed by atoms with Crippen molar-refractivity contribution in [2.24, 2.45) is 0 Å². The molecule has 0 heterocycles. The summed E-state index contributed by atoms with van der Waals surface area (Å²) >= 11 is 0. The first kappa shape index (κ1) is 9.50. The topological polar surface area (TPSA) is 9.23 Å². The van der Waals surface area contributed by atoms with Crippen LogP contribution in [0.1, 0.15) is 31.2 Å². The molecule has 0 aromatic heterocycles. The molecule has 76 valence electrons. The van der Waals surface area contributed by atoms with Crippen LogP contribution in [0.25, 0.3) is 0 Å². The number of benzene rings is 1. The number of hydrogen-bond donors (Lipinski definition) is 0. The average molecular weight is 194 g/mol. The number of hydrogen-bond acceptors (Lipinski definition) is 1. The highest BCUT2D eigenvalue weighted by Crippen LogP contribution is 2.25. The maximum atomic E-state index is 13.0. The highest BCUT2D eigenvalue weighted by atomic mass is 19.1. The van der Waals surface area contributed by atoms with Crippen LogP contribution in [-0.2, 0) is 0 Å². The fraction of sp³-hybridized carbons (Fsp3) is 0.500. The summed E-state index contributed by atoms with van der Waals surface area (Å²) < 4.78 is 18.7. The van der Waals surface area contributed by atoms with Gasteiger partial charge in [-0.3, -0.25) is 0 Å². The molecule has 1 aromatic carbocycles. The van der Waals surface area contributed by atoms with E-state index >= 15 is 0 Å². The van der Waals surface area contributed by atoms with Gasteiger partial charge in [0.2, 0.25) is 0 Å². The molecule has 14 heavy (non-hydrogen) atoms. The van der Waals surface area contributed by atoms with Crippen LogP contribution in [0.2, 0.25) is 0 Å². The predicted molar refractivity (Wildman–Crippen MR) is 54.0 cm³/mol. The number of ether oxygens (including phenoxy) is 1. The highest BCUT2D eigenvalue weighted by molar-refractivity contribution is 5.29. The van der Waals surface area contributed by atoms with E-state index in [0.717, 1.165) is 18.6 Å². The minimum atomic E-state index is -0.163. The summed E-state index contributed by atoms with van der Waals surface area (Å²) in [7, 11) is 0. The lowest BCUT2D eigenvalue weighted by molar-refractivity contribution is 0.209. The van der Waals surface area contributed by atoms with Gasteiger partial charge in [-0.05, 0) is 56.4 Å². The van der Waals surface area contributed by atoms with Crippen molar-refractivity contribution in [3.8, 4) is 5.75 Å². The maximum Gasteiger partial charge on any atom is 0.126 e. The third kappa shape index (κ3) is 2.06. The molecule has 1 nitrogen and oxygen atoms in total. The zero-order valence-electron chi connectivity index (χ0n) is 8.42. The van der Waals surface area contributed by atoms with E-state index in [1.165, 1.54) is 18.9 Å². The average Bonchev–Trinajstić information content (AvgIpc) is 2.64. The van der Waals surface area contributed by atoms with Crippen molar-refractivity contribution in [3.63, 3.8) is 0 Å². The van der Waals surface area contributed by atoms with Crippen molar-refractivity contribution < 1.29 is 9.13 Å². The summed E-state index contributed by atoms with van der Waals surface area (Å²) in [5, 5.41) is 0. The lowest BCUT2D eigenvalue weighted by atomic mass is 10.2. The molecule has 1 saturated carbocycles. The quantitative estimate of drug-likeness (QED) is 0.700. The lowest BCUT2D eigenvalue weighted by Gasteiger charge is -2.13. The van der Waals surface area contributed by atoms with Gasteiger partial charge in [0.25, 0.3) is 0 Å². The molecule has 1 aliphatic carbocycles. The van der Waals surface area contributed by atoms with Crippen LogP contribution >= 0.6 is 0 Å². The maximum absolute atomic E-state index is 13.0. The van der Waals surface area contributed by atoms with Crippen molar-refractivity contribution in [1.82, 2.24) is 0 Å². The van der Waals surface area contributed by atoms with Crippen molar-refractivity contribution >= 4 is 0 Å². The molecule has 1 fully saturated rings. The van der Waals surface area contributed by atoms with Crippen molar-refractivity contribution in [2.75, 3.05) is 0 Å². The smallest absolute Gasteiger partial charge is 0.126 e. The molecule has 0 aliphatic heterocycles. The Kier molecular flexibility index (Phi) is 2.71. The Morgan fingerprint density at radius 3 is 2.64 bits per heavy atom. The van der Waals surface area contributed by atoms with Crippen LogP contribution in [0.4, 0.5) is 4.39 Å². The fourth-order valence-corrected chi connectivity index (χ4v) is 1.89. The number of rotatable bonds is 2. The molecule has 2 heteroatoms. The summed E-state index contributed by atoms with van der Waals surface area (Å²) in [5.74, 6) is 0.638. The van der Waals surface area contributed by atoms with Gasteiger partial charge < -0.3 is 4.74 Å². The van der Waals surface area contributed by atoms with Gasteiger partial charge in [-0.15, -0.1) is 0 Å². The van der Waals surface area contributed by atoms with E-state index in [2.05, 4.69) is 0 Å². The van der Waals surface area contributed by atoms with Crippen LogP contribution in [0.15, 0.2) is 18.2 Å². The van der Waals surface area contributed by atoms with E-state index in [0.29, 0.717) is 11.7 Å². The normalized spacial score (nSPS) is 17.3. The summed E-state index contributed by atoms with van der Waals surface area (Å²) in [4.78, 5) is 0. The zero-order chi connectivity index (χ0) is 9.97. The Balaban J connectivity index is 2.05. The molecular formula is C12H15FO.